The zero-order valence-electron chi connectivity index (χ0n) is 13.0. The summed E-state index contributed by atoms with van der Waals surface area (Å²) in [5, 5.41) is 1.82. The van der Waals surface area contributed by atoms with Gasteiger partial charge < -0.3 is 0 Å². The molecule has 2 heterocycles. The number of fused-ring (bicyclic) bond motifs is 5. The second-order valence-electron chi connectivity index (χ2n) is 6.54. The van der Waals surface area contributed by atoms with Crippen LogP contribution in [0.3, 0.4) is 0 Å². The quantitative estimate of drug-likeness (QED) is 0.592. The van der Waals surface area contributed by atoms with Crippen molar-refractivity contribution in [2.24, 2.45) is 23.7 Å². The van der Waals surface area contributed by atoms with Gasteiger partial charge in [0.25, 0.3) is 11.8 Å². The van der Waals surface area contributed by atoms with Crippen LogP contribution in [0.25, 0.3) is 0 Å². The van der Waals surface area contributed by atoms with Crippen molar-refractivity contribution in [1.29, 1.82) is 0 Å². The van der Waals surface area contributed by atoms with Gasteiger partial charge in [0.15, 0.2) is 5.82 Å². The Bertz CT molecular complexity index is 780. The van der Waals surface area contributed by atoms with E-state index >= 15 is 0 Å². The number of hydrogen-bond acceptors (Lipinski definition) is 4. The van der Waals surface area contributed by atoms with E-state index in [1.54, 1.807) is 0 Å². The van der Waals surface area contributed by atoms with Gasteiger partial charge in [-0.2, -0.15) is 18.2 Å². The molecule has 2 fully saturated rings. The normalized spacial score (nSPS) is 30.4. The van der Waals surface area contributed by atoms with Gasteiger partial charge in [0.05, 0.1) is 22.4 Å². The highest BCUT2D eigenvalue weighted by Gasteiger charge is 2.60. The number of aromatic nitrogens is 1. The zero-order valence-corrected chi connectivity index (χ0v) is 13.8. The Morgan fingerprint density at radius 1 is 1.20 bits per heavy atom. The first-order chi connectivity index (χ1) is 11.7. The molecule has 2 aliphatic carbocycles. The lowest BCUT2D eigenvalue weighted by molar-refractivity contribution is -0.141. The minimum Gasteiger partial charge on any atom is -0.272 e. The molecular formula is C16H13ClF3N3O2. The van der Waals surface area contributed by atoms with Crippen molar-refractivity contribution in [1.82, 2.24) is 9.99 Å². The number of carbonyl (C=O) groups is 2. The zero-order chi connectivity index (χ0) is 18.1. The standard InChI is InChI=1S/C16H13ClF3N3O2/c1-22(13-10(17)5-9(6-21-13)16(18,19)20)23-14(24)11-7-2-3-8(4-7)12(11)15(23)25/h2-3,5-8,11-12H,4H2,1H3/t7-,8+,11-,12+. The number of alkyl halides is 3. The van der Waals surface area contributed by atoms with Crippen molar-refractivity contribution in [2.45, 2.75) is 12.6 Å². The predicted molar refractivity (Wildman–Crippen MR) is 82.2 cm³/mol. The lowest BCUT2D eigenvalue weighted by Gasteiger charge is -2.29. The number of imide groups is 1. The maximum absolute atomic E-state index is 12.7. The van der Waals surface area contributed by atoms with Gasteiger partial charge in [-0.05, 0) is 24.3 Å². The van der Waals surface area contributed by atoms with Gasteiger partial charge in [0, 0.05) is 13.2 Å². The van der Waals surface area contributed by atoms with Crippen molar-refractivity contribution in [3.05, 3.63) is 35.0 Å². The van der Waals surface area contributed by atoms with Crippen molar-refractivity contribution in [3.63, 3.8) is 0 Å². The van der Waals surface area contributed by atoms with Crippen LogP contribution in [-0.2, 0) is 15.8 Å². The Kier molecular flexibility index (Phi) is 3.41. The van der Waals surface area contributed by atoms with E-state index < -0.39 is 23.6 Å². The Balaban J connectivity index is 1.65. The molecule has 25 heavy (non-hydrogen) atoms. The fourth-order valence-corrected chi connectivity index (χ4v) is 4.39. The first-order valence-corrected chi connectivity index (χ1v) is 8.10. The Morgan fingerprint density at radius 3 is 2.24 bits per heavy atom. The van der Waals surface area contributed by atoms with E-state index in [1.807, 2.05) is 12.2 Å². The fourth-order valence-electron chi connectivity index (χ4n) is 4.10. The Hall–Kier alpha value is -2.09. The number of pyridine rings is 1. The number of halogens is 4. The lowest BCUT2D eigenvalue weighted by Crippen LogP contribution is -2.46. The van der Waals surface area contributed by atoms with E-state index in [-0.39, 0.29) is 34.5 Å². The lowest BCUT2D eigenvalue weighted by atomic mass is 9.85. The monoisotopic (exact) mass is 371 g/mol. The van der Waals surface area contributed by atoms with Crippen molar-refractivity contribution < 1.29 is 22.8 Å². The summed E-state index contributed by atoms with van der Waals surface area (Å²) in [6, 6.07) is 0.734. The summed E-state index contributed by atoms with van der Waals surface area (Å²) in [5.74, 6) is -1.51. The first kappa shape index (κ1) is 16.4. The van der Waals surface area contributed by atoms with Gasteiger partial charge >= 0.3 is 6.18 Å². The van der Waals surface area contributed by atoms with Crippen LogP contribution in [0.15, 0.2) is 24.4 Å². The molecule has 0 unspecified atom stereocenters. The van der Waals surface area contributed by atoms with E-state index in [2.05, 4.69) is 4.98 Å². The third-order valence-electron chi connectivity index (χ3n) is 5.20. The SMILES string of the molecule is CN(c1ncc(C(F)(F)F)cc1Cl)N1C(=O)[C@@H]2[C@H](C1=O)[C@@H]1C=C[C@H]2C1. The van der Waals surface area contributed by atoms with Crippen LogP contribution in [0.4, 0.5) is 19.0 Å². The van der Waals surface area contributed by atoms with Crippen molar-refractivity contribution in [2.75, 3.05) is 12.1 Å². The molecule has 1 saturated heterocycles. The predicted octanol–water partition coefficient (Wildman–Crippen LogP) is 2.91. The number of hydrazine groups is 1. The summed E-state index contributed by atoms with van der Waals surface area (Å²) >= 11 is 5.93. The Morgan fingerprint density at radius 2 is 1.76 bits per heavy atom. The van der Waals surface area contributed by atoms with E-state index in [4.69, 9.17) is 11.6 Å². The van der Waals surface area contributed by atoms with Crippen molar-refractivity contribution >= 4 is 29.2 Å². The number of nitrogens with zero attached hydrogens (tertiary/aromatic N) is 3. The maximum atomic E-state index is 12.7. The molecule has 1 saturated carbocycles. The average molecular weight is 372 g/mol. The summed E-state index contributed by atoms with van der Waals surface area (Å²) in [4.78, 5) is 29.2. The molecule has 1 aromatic rings. The molecular weight excluding hydrogens is 359 g/mol. The van der Waals surface area contributed by atoms with E-state index in [0.717, 1.165) is 22.5 Å². The van der Waals surface area contributed by atoms with Crippen LogP contribution >= 0.6 is 11.6 Å². The van der Waals surface area contributed by atoms with Crippen LogP contribution in [0.5, 0.6) is 0 Å². The van der Waals surface area contributed by atoms with E-state index in [9.17, 15) is 22.8 Å². The molecule has 0 aromatic carbocycles. The van der Waals surface area contributed by atoms with Gasteiger partial charge in [-0.25, -0.2) is 4.98 Å². The topological polar surface area (TPSA) is 53.5 Å². The summed E-state index contributed by atoms with van der Waals surface area (Å²) < 4.78 is 38.2. The van der Waals surface area contributed by atoms with Gasteiger partial charge in [-0.15, -0.1) is 0 Å². The highest BCUT2D eigenvalue weighted by molar-refractivity contribution is 6.33. The van der Waals surface area contributed by atoms with E-state index in [0.29, 0.717) is 6.20 Å². The van der Waals surface area contributed by atoms with Crippen LogP contribution < -0.4 is 5.01 Å². The summed E-state index contributed by atoms with van der Waals surface area (Å²) in [6.07, 6.45) is 0.779. The number of carbonyl (C=O) groups excluding carboxylic acids is 2. The molecule has 1 aromatic heterocycles. The molecule has 2 amide bonds. The molecule has 0 N–H and O–H groups in total. The number of anilines is 1. The molecule has 4 rings (SSSR count). The minimum atomic E-state index is -4.57. The van der Waals surface area contributed by atoms with Crippen LogP contribution in [-0.4, -0.2) is 28.9 Å². The summed E-state index contributed by atoms with van der Waals surface area (Å²) in [5.41, 5.74) is -0.993. The molecule has 3 aliphatic rings. The average Bonchev–Trinajstić information content (AvgIpc) is 3.20. The Labute approximate surface area is 146 Å². The molecule has 132 valence electrons. The molecule has 4 atom stereocenters. The molecule has 2 bridgehead atoms. The maximum Gasteiger partial charge on any atom is 0.417 e. The third kappa shape index (κ3) is 2.27. The van der Waals surface area contributed by atoms with Gasteiger partial charge in [0.1, 0.15) is 0 Å². The van der Waals surface area contributed by atoms with Crippen LogP contribution in [0.1, 0.15) is 12.0 Å². The second kappa shape index (κ2) is 5.20. The van der Waals surface area contributed by atoms with Gasteiger partial charge in [-0.3, -0.25) is 14.6 Å². The van der Waals surface area contributed by atoms with Crippen molar-refractivity contribution in [3.8, 4) is 0 Å². The molecule has 5 nitrogen and oxygen atoms in total. The highest BCUT2D eigenvalue weighted by atomic mass is 35.5. The summed E-state index contributed by atoms with van der Waals surface area (Å²) in [6.45, 7) is 0. The smallest absolute Gasteiger partial charge is 0.272 e. The highest BCUT2D eigenvalue weighted by Crippen LogP contribution is 2.53. The molecule has 9 heteroatoms. The molecule has 0 spiro atoms. The molecule has 0 radical (unpaired) electrons. The first-order valence-electron chi connectivity index (χ1n) is 7.72. The number of allylic oxidation sites excluding steroid dienone is 2. The number of rotatable bonds is 2. The van der Waals surface area contributed by atoms with E-state index in [1.165, 1.54) is 7.05 Å². The fraction of sp³-hybridized carbons (Fsp3) is 0.438. The number of amides is 2. The largest absolute Gasteiger partial charge is 0.417 e. The summed E-state index contributed by atoms with van der Waals surface area (Å²) in [7, 11) is 1.40. The number of hydrogen-bond donors (Lipinski definition) is 0. The van der Waals surface area contributed by atoms with Gasteiger partial charge in [-0.1, -0.05) is 23.8 Å². The van der Waals surface area contributed by atoms with Crippen LogP contribution in [0, 0.1) is 23.7 Å². The van der Waals surface area contributed by atoms with Gasteiger partial charge in [0.2, 0.25) is 0 Å². The van der Waals surface area contributed by atoms with Crippen LogP contribution in [0.2, 0.25) is 5.02 Å². The molecule has 1 aliphatic heterocycles. The minimum absolute atomic E-state index is 0.0425. The second-order valence-corrected chi connectivity index (χ2v) is 6.95. The third-order valence-corrected chi connectivity index (χ3v) is 5.48.